The lowest BCUT2D eigenvalue weighted by Gasteiger charge is -2.22. The van der Waals surface area contributed by atoms with Gasteiger partial charge in [-0.3, -0.25) is 9.59 Å². The normalized spacial score (nSPS) is 17.9. The summed E-state index contributed by atoms with van der Waals surface area (Å²) < 4.78 is 5.51. The fourth-order valence-electron chi connectivity index (χ4n) is 3.40. The molecular formula is C21H32ClN3O3. The summed E-state index contributed by atoms with van der Waals surface area (Å²) in [6.07, 6.45) is 6.04. The van der Waals surface area contributed by atoms with Crippen molar-refractivity contribution < 1.29 is 14.3 Å². The van der Waals surface area contributed by atoms with Crippen molar-refractivity contribution in [2.75, 3.05) is 19.7 Å². The molecule has 1 saturated carbocycles. The average Bonchev–Trinajstić information content (AvgIpc) is 3.50. The van der Waals surface area contributed by atoms with E-state index >= 15 is 0 Å². The quantitative estimate of drug-likeness (QED) is 0.586. The molecule has 28 heavy (non-hydrogen) atoms. The van der Waals surface area contributed by atoms with Gasteiger partial charge in [0.2, 0.25) is 5.91 Å². The zero-order valence-corrected chi connectivity index (χ0v) is 17.4. The Hall–Kier alpha value is -1.79. The van der Waals surface area contributed by atoms with Crippen LogP contribution in [0.25, 0.3) is 0 Å². The number of benzene rings is 1. The Morgan fingerprint density at radius 1 is 1.11 bits per heavy atom. The van der Waals surface area contributed by atoms with Crippen molar-refractivity contribution in [3.8, 4) is 5.75 Å². The third kappa shape index (κ3) is 7.68. The molecule has 1 aromatic rings. The molecule has 1 aliphatic heterocycles. The zero-order valence-electron chi connectivity index (χ0n) is 16.5. The number of carbonyl (C=O) groups is 2. The van der Waals surface area contributed by atoms with Crippen LogP contribution in [-0.2, 0) is 9.59 Å². The SMILES string of the molecule is CC(NC(=O)CCC1CCNCC1)c1ccc(OCC(=O)NC2CC2)cc1.Cl. The Balaban J connectivity index is 0.00000280. The van der Waals surface area contributed by atoms with Gasteiger partial charge in [-0.05, 0) is 75.7 Å². The highest BCUT2D eigenvalue weighted by Gasteiger charge is 2.23. The van der Waals surface area contributed by atoms with E-state index < -0.39 is 0 Å². The zero-order chi connectivity index (χ0) is 19.1. The summed E-state index contributed by atoms with van der Waals surface area (Å²) in [5.74, 6) is 1.36. The fraction of sp³-hybridized carbons (Fsp3) is 0.619. The summed E-state index contributed by atoms with van der Waals surface area (Å²) >= 11 is 0. The largest absolute Gasteiger partial charge is 0.484 e. The maximum atomic E-state index is 12.2. The summed E-state index contributed by atoms with van der Waals surface area (Å²) in [6.45, 7) is 4.17. The molecule has 1 saturated heterocycles. The molecule has 0 spiro atoms. The molecule has 156 valence electrons. The molecule has 0 aromatic heterocycles. The number of carbonyl (C=O) groups excluding carboxylic acids is 2. The fourth-order valence-corrected chi connectivity index (χ4v) is 3.40. The van der Waals surface area contributed by atoms with Crippen molar-refractivity contribution in [3.05, 3.63) is 29.8 Å². The standard InChI is InChI=1S/C21H31N3O3.ClH/c1-15(23-20(25)9-2-16-10-12-22-13-11-16)17-3-7-19(8-4-17)27-14-21(26)24-18-5-6-18;/h3-4,7-8,15-16,18,22H,2,5-6,9-14H2,1H3,(H,23,25)(H,24,26);1H. The molecule has 3 rings (SSSR count). The predicted octanol–water partition coefficient (Wildman–Crippen LogP) is 2.72. The molecule has 0 radical (unpaired) electrons. The second kappa shape index (κ2) is 11.3. The van der Waals surface area contributed by atoms with Crippen molar-refractivity contribution in [2.24, 2.45) is 5.92 Å². The van der Waals surface area contributed by atoms with Crippen molar-refractivity contribution in [3.63, 3.8) is 0 Å². The van der Waals surface area contributed by atoms with E-state index in [4.69, 9.17) is 4.74 Å². The van der Waals surface area contributed by atoms with Crippen LogP contribution in [0.4, 0.5) is 0 Å². The van der Waals surface area contributed by atoms with Crippen molar-refractivity contribution in [2.45, 2.75) is 57.5 Å². The van der Waals surface area contributed by atoms with Gasteiger partial charge in [-0.1, -0.05) is 12.1 Å². The van der Waals surface area contributed by atoms with Crippen molar-refractivity contribution >= 4 is 24.2 Å². The molecule has 1 aromatic carbocycles. The van der Waals surface area contributed by atoms with Gasteiger partial charge in [0.15, 0.2) is 6.61 Å². The molecule has 2 aliphatic rings. The smallest absolute Gasteiger partial charge is 0.258 e. The highest BCUT2D eigenvalue weighted by molar-refractivity contribution is 5.85. The van der Waals surface area contributed by atoms with Crippen LogP contribution in [0.1, 0.15) is 57.1 Å². The van der Waals surface area contributed by atoms with Crippen LogP contribution in [0.3, 0.4) is 0 Å². The molecule has 2 amide bonds. The minimum atomic E-state index is -0.0732. The Bertz CT molecular complexity index is 628. The van der Waals surface area contributed by atoms with Gasteiger partial charge >= 0.3 is 0 Å². The van der Waals surface area contributed by atoms with Gasteiger partial charge in [0.1, 0.15) is 5.75 Å². The van der Waals surface area contributed by atoms with Gasteiger partial charge in [-0.2, -0.15) is 0 Å². The predicted molar refractivity (Wildman–Crippen MR) is 112 cm³/mol. The highest BCUT2D eigenvalue weighted by Crippen LogP contribution is 2.21. The van der Waals surface area contributed by atoms with Crippen LogP contribution in [0.2, 0.25) is 0 Å². The number of halogens is 1. The summed E-state index contributed by atoms with van der Waals surface area (Å²) in [6, 6.07) is 7.87. The van der Waals surface area contributed by atoms with E-state index in [2.05, 4.69) is 16.0 Å². The number of ether oxygens (including phenoxy) is 1. The number of hydrogen-bond donors (Lipinski definition) is 3. The van der Waals surface area contributed by atoms with E-state index in [0.717, 1.165) is 37.9 Å². The summed E-state index contributed by atoms with van der Waals surface area (Å²) in [5, 5.41) is 9.32. The van der Waals surface area contributed by atoms with Crippen LogP contribution < -0.4 is 20.7 Å². The van der Waals surface area contributed by atoms with E-state index in [1.54, 1.807) is 0 Å². The Morgan fingerprint density at radius 3 is 2.43 bits per heavy atom. The van der Waals surface area contributed by atoms with Crippen LogP contribution in [-0.4, -0.2) is 37.6 Å². The maximum Gasteiger partial charge on any atom is 0.258 e. The molecule has 1 unspecified atom stereocenters. The lowest BCUT2D eigenvalue weighted by atomic mass is 9.93. The Morgan fingerprint density at radius 2 is 1.79 bits per heavy atom. The lowest BCUT2D eigenvalue weighted by molar-refractivity contribution is -0.123. The highest BCUT2D eigenvalue weighted by atomic mass is 35.5. The Labute approximate surface area is 173 Å². The summed E-state index contributed by atoms with van der Waals surface area (Å²) in [5.41, 5.74) is 1.03. The molecule has 1 atom stereocenters. The molecule has 1 heterocycles. The van der Waals surface area contributed by atoms with Crippen molar-refractivity contribution in [1.82, 2.24) is 16.0 Å². The first-order chi connectivity index (χ1) is 13.1. The first-order valence-electron chi connectivity index (χ1n) is 10.1. The van der Waals surface area contributed by atoms with Gasteiger partial charge < -0.3 is 20.7 Å². The van der Waals surface area contributed by atoms with Gasteiger partial charge in [0.25, 0.3) is 5.91 Å². The van der Waals surface area contributed by atoms with Gasteiger partial charge in [-0.25, -0.2) is 0 Å². The molecule has 7 heteroatoms. The lowest BCUT2D eigenvalue weighted by Crippen LogP contribution is -2.30. The van der Waals surface area contributed by atoms with Crippen molar-refractivity contribution in [1.29, 1.82) is 0 Å². The number of piperidine rings is 1. The first-order valence-corrected chi connectivity index (χ1v) is 10.1. The van der Waals surface area contributed by atoms with Crippen LogP contribution in [0, 0.1) is 5.92 Å². The first kappa shape index (κ1) is 22.5. The van der Waals surface area contributed by atoms with Gasteiger partial charge in [-0.15, -0.1) is 12.4 Å². The van der Waals surface area contributed by atoms with Crippen LogP contribution >= 0.6 is 12.4 Å². The van der Waals surface area contributed by atoms with Gasteiger partial charge in [0.05, 0.1) is 6.04 Å². The third-order valence-corrected chi connectivity index (χ3v) is 5.31. The minimum absolute atomic E-state index is 0. The molecule has 6 nitrogen and oxygen atoms in total. The van der Waals surface area contributed by atoms with E-state index in [1.807, 2.05) is 31.2 Å². The Kier molecular flexibility index (Phi) is 9.06. The van der Waals surface area contributed by atoms with E-state index in [0.29, 0.717) is 24.1 Å². The summed E-state index contributed by atoms with van der Waals surface area (Å²) in [7, 11) is 0. The number of nitrogens with one attached hydrogen (secondary N) is 3. The molecule has 0 bridgehead atoms. The van der Waals surface area contributed by atoms with Crippen LogP contribution in [0.15, 0.2) is 24.3 Å². The molecule has 2 fully saturated rings. The molecular weight excluding hydrogens is 378 g/mol. The van der Waals surface area contributed by atoms with E-state index in [-0.39, 0.29) is 36.9 Å². The molecule has 3 N–H and O–H groups in total. The third-order valence-electron chi connectivity index (χ3n) is 5.31. The topological polar surface area (TPSA) is 79.5 Å². The van der Waals surface area contributed by atoms with Gasteiger partial charge in [0, 0.05) is 12.5 Å². The average molecular weight is 410 g/mol. The van der Waals surface area contributed by atoms with E-state index in [1.165, 1.54) is 12.8 Å². The minimum Gasteiger partial charge on any atom is -0.484 e. The maximum absolute atomic E-state index is 12.2. The molecule has 1 aliphatic carbocycles. The summed E-state index contributed by atoms with van der Waals surface area (Å²) in [4.78, 5) is 23.9. The van der Waals surface area contributed by atoms with Crippen LogP contribution in [0.5, 0.6) is 5.75 Å². The number of amides is 2. The monoisotopic (exact) mass is 409 g/mol. The number of rotatable bonds is 9. The van der Waals surface area contributed by atoms with E-state index in [9.17, 15) is 9.59 Å². The number of hydrogen-bond acceptors (Lipinski definition) is 4. The second-order valence-electron chi connectivity index (χ2n) is 7.72. The second-order valence-corrected chi connectivity index (χ2v) is 7.72.